The van der Waals surface area contributed by atoms with Gasteiger partial charge in [-0.1, -0.05) is 69.2 Å². The van der Waals surface area contributed by atoms with E-state index >= 15 is 0 Å². The molecule has 0 aromatic rings. The molecule has 37 heavy (non-hydrogen) atoms. The molecule has 1 fully saturated rings. The summed E-state index contributed by atoms with van der Waals surface area (Å²) in [4.78, 5) is 12.8. The van der Waals surface area contributed by atoms with Crippen molar-refractivity contribution in [3.63, 3.8) is 0 Å². The number of carbonyl (C=O) groups excluding carboxylic acids is 1. The Morgan fingerprint density at radius 3 is 2.84 bits per heavy atom. The van der Waals surface area contributed by atoms with E-state index in [-0.39, 0.29) is 53.9 Å². The van der Waals surface area contributed by atoms with Gasteiger partial charge in [0.2, 0.25) is 0 Å². The summed E-state index contributed by atoms with van der Waals surface area (Å²) in [5.74, 6) is -0.378. The van der Waals surface area contributed by atoms with Crippen molar-refractivity contribution in [1.29, 1.82) is 0 Å². The van der Waals surface area contributed by atoms with E-state index in [4.69, 9.17) is 18.9 Å². The van der Waals surface area contributed by atoms with Gasteiger partial charge in [-0.2, -0.15) is 0 Å². The molecule has 0 aliphatic carbocycles. The second-order valence-electron chi connectivity index (χ2n) is 12.1. The lowest BCUT2D eigenvalue weighted by molar-refractivity contribution is -0.145. The van der Waals surface area contributed by atoms with Gasteiger partial charge in [-0.05, 0) is 50.9 Å². The van der Waals surface area contributed by atoms with Crippen LogP contribution in [0.3, 0.4) is 0 Å². The van der Waals surface area contributed by atoms with Crippen molar-refractivity contribution < 1.29 is 28.8 Å². The van der Waals surface area contributed by atoms with Crippen LogP contribution in [0, 0.1) is 11.3 Å². The average molecular weight is 515 g/mol. The molecular formula is C31H46O6. The molecule has 206 valence electrons. The van der Waals surface area contributed by atoms with Gasteiger partial charge in [0.05, 0.1) is 37.1 Å². The second kappa shape index (κ2) is 12.9. The number of rotatable bonds is 3. The van der Waals surface area contributed by atoms with Crippen molar-refractivity contribution in [2.45, 2.75) is 122 Å². The Balaban J connectivity index is 1.45. The highest BCUT2D eigenvalue weighted by Crippen LogP contribution is 2.38. The fourth-order valence-corrected chi connectivity index (χ4v) is 5.70. The molecule has 5 unspecified atom stereocenters. The van der Waals surface area contributed by atoms with E-state index in [1.807, 2.05) is 12.2 Å². The highest BCUT2D eigenvalue weighted by Gasteiger charge is 2.47. The maximum absolute atomic E-state index is 12.8. The Hall–Kier alpha value is -1.73. The zero-order valence-corrected chi connectivity index (χ0v) is 23.0. The quantitative estimate of drug-likeness (QED) is 0.300. The highest BCUT2D eigenvalue weighted by atomic mass is 16.6. The Labute approximate surface area is 222 Å². The summed E-state index contributed by atoms with van der Waals surface area (Å²) in [5, 5.41) is 11.0. The Morgan fingerprint density at radius 1 is 1.19 bits per heavy atom. The summed E-state index contributed by atoms with van der Waals surface area (Å²) in [6, 6.07) is 0. The van der Waals surface area contributed by atoms with Gasteiger partial charge in [0, 0.05) is 18.4 Å². The number of ether oxygens (including phenoxy) is 4. The molecule has 0 saturated carbocycles. The van der Waals surface area contributed by atoms with Crippen molar-refractivity contribution in [1.82, 2.24) is 0 Å². The molecule has 8 atom stereocenters. The minimum absolute atomic E-state index is 0.0122. The van der Waals surface area contributed by atoms with Gasteiger partial charge in [-0.15, -0.1) is 0 Å². The van der Waals surface area contributed by atoms with E-state index in [0.717, 1.165) is 38.7 Å². The number of hydrogen-bond acceptors (Lipinski definition) is 6. The van der Waals surface area contributed by atoms with Crippen LogP contribution in [0.4, 0.5) is 0 Å². The largest absolute Gasteiger partial charge is 0.459 e. The molecule has 6 heteroatoms. The van der Waals surface area contributed by atoms with Crippen LogP contribution in [0.15, 0.2) is 48.1 Å². The smallest absolute Gasteiger partial charge is 0.330 e. The molecule has 4 aliphatic heterocycles. The molecule has 2 bridgehead atoms. The van der Waals surface area contributed by atoms with E-state index < -0.39 is 6.10 Å². The molecule has 0 spiro atoms. The summed E-state index contributed by atoms with van der Waals surface area (Å²) < 4.78 is 23.9. The number of carbonyl (C=O) groups is 1. The molecule has 0 radical (unpaired) electrons. The predicted octanol–water partition coefficient (Wildman–Crippen LogP) is 5.60. The minimum Gasteiger partial charge on any atom is -0.459 e. The topological polar surface area (TPSA) is 77.5 Å². The average Bonchev–Trinajstić information content (AvgIpc) is 3.61. The van der Waals surface area contributed by atoms with Gasteiger partial charge in [0.15, 0.2) is 0 Å². The molecule has 4 heterocycles. The number of aliphatic hydroxyl groups excluding tert-OH is 1. The first-order valence-corrected chi connectivity index (χ1v) is 14.2. The first-order valence-electron chi connectivity index (χ1n) is 14.2. The van der Waals surface area contributed by atoms with Crippen molar-refractivity contribution in [2.24, 2.45) is 11.3 Å². The lowest BCUT2D eigenvalue weighted by Gasteiger charge is -2.29. The van der Waals surface area contributed by atoms with Crippen molar-refractivity contribution in [3.05, 3.63) is 48.1 Å². The third-order valence-corrected chi connectivity index (χ3v) is 8.06. The standard InChI is InChI=1S/C31H46O6/c1-21-15-17-34-25(18-21)14-13-22(2)27-19-28-30(37-28)26(32)20-31(3,4)16-7-11-24-9-5-8-23(35-24)10-6-12-29(33)36-27/h5-6,8,12-14,18,22-28,30,32H,7,9-11,15-17,19-20H2,1-4H3/b12-6-,14-13+/t22?,23?,24-,25?,26-,27?,28-,30?/m0/s1. The molecule has 1 saturated heterocycles. The van der Waals surface area contributed by atoms with Crippen LogP contribution >= 0.6 is 0 Å². The van der Waals surface area contributed by atoms with Crippen LogP contribution in [-0.4, -0.2) is 60.4 Å². The number of hydrogen-bond donors (Lipinski definition) is 1. The number of cyclic esters (lactones) is 1. The predicted molar refractivity (Wildman–Crippen MR) is 144 cm³/mol. The summed E-state index contributed by atoms with van der Waals surface area (Å²) in [6.07, 6.45) is 19.8. The number of epoxide rings is 1. The summed E-state index contributed by atoms with van der Waals surface area (Å²) in [7, 11) is 0. The van der Waals surface area contributed by atoms with Crippen LogP contribution < -0.4 is 0 Å². The minimum atomic E-state index is -0.525. The number of fused-ring (bicyclic) bond motifs is 3. The van der Waals surface area contributed by atoms with Gasteiger partial charge in [0.1, 0.15) is 12.2 Å². The first kappa shape index (κ1) is 28.3. The fraction of sp³-hybridized carbons (Fsp3) is 0.710. The monoisotopic (exact) mass is 514 g/mol. The summed E-state index contributed by atoms with van der Waals surface area (Å²) in [5.41, 5.74) is 1.34. The van der Waals surface area contributed by atoms with Crippen LogP contribution in [0.25, 0.3) is 0 Å². The van der Waals surface area contributed by atoms with Gasteiger partial charge in [-0.25, -0.2) is 4.79 Å². The van der Waals surface area contributed by atoms with Crippen LogP contribution in [0.5, 0.6) is 0 Å². The lowest BCUT2D eigenvalue weighted by Crippen LogP contribution is -2.30. The second-order valence-corrected chi connectivity index (χ2v) is 12.1. The van der Waals surface area contributed by atoms with Gasteiger partial charge in [-0.3, -0.25) is 0 Å². The zero-order valence-electron chi connectivity index (χ0n) is 23.0. The lowest BCUT2D eigenvalue weighted by atomic mass is 9.80. The molecular weight excluding hydrogens is 468 g/mol. The van der Waals surface area contributed by atoms with Crippen molar-refractivity contribution in [3.8, 4) is 0 Å². The molecule has 1 N–H and O–H groups in total. The number of aliphatic hydroxyl groups is 1. The maximum Gasteiger partial charge on any atom is 0.330 e. The fourth-order valence-electron chi connectivity index (χ4n) is 5.70. The van der Waals surface area contributed by atoms with Gasteiger partial charge in [0.25, 0.3) is 0 Å². The Morgan fingerprint density at radius 2 is 2.03 bits per heavy atom. The van der Waals surface area contributed by atoms with Crippen LogP contribution in [-0.2, 0) is 23.7 Å². The zero-order chi connectivity index (χ0) is 26.4. The SMILES string of the molecule is CC1=CC(/C=C/C(C)C2C[C@@H]3OC3[C@@H](O)CC(C)(C)CCC[C@@H]3CC=CC(C/C=C\C(=O)O2)O3)OCC1. The van der Waals surface area contributed by atoms with Gasteiger partial charge >= 0.3 is 5.97 Å². The van der Waals surface area contributed by atoms with Crippen LogP contribution in [0.1, 0.15) is 79.1 Å². The van der Waals surface area contributed by atoms with E-state index in [2.05, 4.69) is 52.0 Å². The Kier molecular flexibility index (Phi) is 9.84. The van der Waals surface area contributed by atoms with E-state index in [9.17, 15) is 9.90 Å². The molecule has 0 amide bonds. The highest BCUT2D eigenvalue weighted by molar-refractivity contribution is 5.82. The molecule has 4 rings (SSSR count). The third-order valence-electron chi connectivity index (χ3n) is 8.06. The van der Waals surface area contributed by atoms with Gasteiger partial charge < -0.3 is 24.1 Å². The normalized spacial score (nSPS) is 39.0. The van der Waals surface area contributed by atoms with Crippen molar-refractivity contribution in [2.75, 3.05) is 6.61 Å². The summed E-state index contributed by atoms with van der Waals surface area (Å²) in [6.45, 7) is 9.35. The maximum atomic E-state index is 12.8. The molecule has 4 aliphatic rings. The van der Waals surface area contributed by atoms with E-state index in [1.165, 1.54) is 11.6 Å². The van der Waals surface area contributed by atoms with E-state index in [1.54, 1.807) is 0 Å². The third kappa shape index (κ3) is 8.91. The number of esters is 1. The molecule has 0 aromatic heterocycles. The van der Waals surface area contributed by atoms with Crippen LogP contribution in [0.2, 0.25) is 0 Å². The summed E-state index contributed by atoms with van der Waals surface area (Å²) >= 11 is 0. The van der Waals surface area contributed by atoms with Crippen molar-refractivity contribution >= 4 is 5.97 Å². The molecule has 0 aromatic carbocycles. The Bertz CT molecular complexity index is 886. The van der Waals surface area contributed by atoms with E-state index in [0.29, 0.717) is 19.3 Å². The first-order chi connectivity index (χ1) is 17.7. The molecule has 6 nitrogen and oxygen atoms in total.